The second kappa shape index (κ2) is 4.63. The van der Waals surface area contributed by atoms with E-state index in [0.717, 1.165) is 0 Å². The summed E-state index contributed by atoms with van der Waals surface area (Å²) in [4.78, 5) is 35.5. The molecule has 0 radical (unpaired) electrons. The summed E-state index contributed by atoms with van der Waals surface area (Å²) < 4.78 is 22.0. The molecule has 0 saturated carbocycles. The van der Waals surface area contributed by atoms with Crippen molar-refractivity contribution in [1.29, 1.82) is 0 Å². The van der Waals surface area contributed by atoms with Gasteiger partial charge in [0.25, 0.3) is 5.08 Å². The summed E-state index contributed by atoms with van der Waals surface area (Å²) in [5.74, 6) is -1.15. The van der Waals surface area contributed by atoms with E-state index in [0.29, 0.717) is 0 Å². The highest BCUT2D eigenvalue weighted by atomic mass is 31.2. The zero-order chi connectivity index (χ0) is 12.5. The molecule has 0 aromatic rings. The van der Waals surface area contributed by atoms with Gasteiger partial charge in [-0.2, -0.15) is 0 Å². The summed E-state index contributed by atoms with van der Waals surface area (Å²) >= 11 is 0. The van der Waals surface area contributed by atoms with E-state index in [4.69, 9.17) is 19.6 Å². The van der Waals surface area contributed by atoms with Crippen LogP contribution in [0.5, 0.6) is 0 Å². The Morgan fingerprint density at radius 3 is 1.33 bits per heavy atom. The lowest BCUT2D eigenvalue weighted by Crippen LogP contribution is -2.37. The van der Waals surface area contributed by atoms with Crippen LogP contribution in [0.2, 0.25) is 0 Å². The van der Waals surface area contributed by atoms with E-state index in [1.54, 1.807) is 0 Å². The lowest BCUT2D eigenvalue weighted by Gasteiger charge is -2.35. The zero-order valence-electron chi connectivity index (χ0n) is 8.44. The predicted molar refractivity (Wildman–Crippen MR) is 53.1 cm³/mol. The Hall–Kier alpha value is 0.260. The normalized spacial score (nSPS) is 14.7. The molecule has 0 aromatic heterocycles. The molecule has 9 heteroatoms. The molecular formula is C6H16O7P2. The van der Waals surface area contributed by atoms with Crippen LogP contribution in [0.15, 0.2) is 0 Å². The van der Waals surface area contributed by atoms with Gasteiger partial charge in [-0.3, -0.25) is 9.13 Å². The fourth-order valence-electron chi connectivity index (χ4n) is 1.48. The first-order chi connectivity index (χ1) is 6.52. The van der Waals surface area contributed by atoms with Crippen molar-refractivity contribution in [3.63, 3.8) is 0 Å². The molecule has 0 atom stereocenters. The van der Waals surface area contributed by atoms with E-state index in [-0.39, 0.29) is 12.8 Å². The molecule has 15 heavy (non-hydrogen) atoms. The largest absolute Gasteiger partial charge is 0.369 e. The summed E-state index contributed by atoms with van der Waals surface area (Å²) in [6, 6.07) is 0. The van der Waals surface area contributed by atoms with Crippen molar-refractivity contribution in [3.8, 4) is 0 Å². The minimum Gasteiger partial charge on any atom is -0.367 e. The maximum atomic E-state index is 11.0. The predicted octanol–water partition coefficient (Wildman–Crippen LogP) is 0.424. The van der Waals surface area contributed by atoms with E-state index in [1.165, 1.54) is 13.8 Å². The van der Waals surface area contributed by atoms with Gasteiger partial charge >= 0.3 is 15.2 Å². The van der Waals surface area contributed by atoms with Crippen LogP contribution < -0.4 is 0 Å². The highest BCUT2D eigenvalue weighted by Gasteiger charge is 2.62. The molecule has 0 saturated heterocycles. The second-order valence-corrected chi connectivity index (χ2v) is 7.18. The summed E-state index contributed by atoms with van der Waals surface area (Å²) in [5.41, 5.74) is 0. The quantitative estimate of drug-likeness (QED) is 0.453. The summed E-state index contributed by atoms with van der Waals surface area (Å²) in [7, 11) is -10.6. The van der Waals surface area contributed by atoms with Gasteiger partial charge in [-0.15, -0.1) is 0 Å². The molecular weight excluding hydrogens is 246 g/mol. The van der Waals surface area contributed by atoms with Crippen LogP contribution >= 0.6 is 15.2 Å². The fourth-order valence-corrected chi connectivity index (χ4v) is 4.52. The third-order valence-electron chi connectivity index (χ3n) is 2.39. The van der Waals surface area contributed by atoms with Crippen LogP contribution in [0.1, 0.15) is 26.7 Å². The fraction of sp³-hybridized carbons (Fsp3) is 1.00. The Morgan fingerprint density at radius 1 is 1.00 bits per heavy atom. The standard InChI is InChI=1S/C6H16O7P2/c1-3-5(4-2)6(7,14(8,9)10)15(11,12)13/h5,7H,3-4H2,1-2H3,(H2,8,9,10)(H2,11,12,13). The van der Waals surface area contributed by atoms with E-state index in [1.807, 2.05) is 0 Å². The first kappa shape index (κ1) is 15.3. The van der Waals surface area contributed by atoms with E-state index < -0.39 is 26.2 Å². The van der Waals surface area contributed by atoms with Gasteiger partial charge in [-0.1, -0.05) is 13.8 Å². The van der Waals surface area contributed by atoms with Gasteiger partial charge in [-0.05, 0) is 12.8 Å². The van der Waals surface area contributed by atoms with Crippen molar-refractivity contribution in [2.45, 2.75) is 31.8 Å². The van der Waals surface area contributed by atoms with Crippen molar-refractivity contribution in [2.75, 3.05) is 0 Å². The van der Waals surface area contributed by atoms with Gasteiger partial charge < -0.3 is 24.7 Å². The smallest absolute Gasteiger partial charge is 0.367 e. The molecule has 7 nitrogen and oxygen atoms in total. The Labute approximate surface area is 87.5 Å². The summed E-state index contributed by atoms with van der Waals surface area (Å²) in [5, 5.41) is 6.34. The van der Waals surface area contributed by atoms with Gasteiger partial charge in [-0.25, -0.2) is 0 Å². The Balaban J connectivity index is 5.62. The minimum absolute atomic E-state index is 0.0588. The Morgan fingerprint density at radius 2 is 1.27 bits per heavy atom. The molecule has 5 N–H and O–H groups in total. The Kier molecular flexibility index (Phi) is 4.71. The van der Waals surface area contributed by atoms with Gasteiger partial charge in [0.2, 0.25) is 0 Å². The van der Waals surface area contributed by atoms with Crippen molar-refractivity contribution in [1.82, 2.24) is 0 Å². The van der Waals surface area contributed by atoms with Crippen LogP contribution in [0.25, 0.3) is 0 Å². The molecule has 0 fully saturated rings. The topological polar surface area (TPSA) is 135 Å². The molecule has 0 unspecified atom stereocenters. The van der Waals surface area contributed by atoms with E-state index in [9.17, 15) is 14.2 Å². The van der Waals surface area contributed by atoms with Crippen LogP contribution in [0, 0.1) is 5.92 Å². The molecule has 0 aliphatic carbocycles. The number of rotatable bonds is 5. The van der Waals surface area contributed by atoms with Crippen molar-refractivity contribution >= 4 is 15.2 Å². The number of hydrogen-bond donors (Lipinski definition) is 5. The third kappa shape index (κ3) is 2.68. The molecule has 0 bridgehead atoms. The monoisotopic (exact) mass is 262 g/mol. The van der Waals surface area contributed by atoms with Gasteiger partial charge in [0.05, 0.1) is 0 Å². The molecule has 0 heterocycles. The summed E-state index contributed by atoms with van der Waals surface area (Å²) in [6.45, 7) is 2.98. The van der Waals surface area contributed by atoms with E-state index in [2.05, 4.69) is 0 Å². The lowest BCUT2D eigenvalue weighted by atomic mass is 10.0. The zero-order valence-corrected chi connectivity index (χ0v) is 10.2. The highest BCUT2D eigenvalue weighted by molar-refractivity contribution is 7.72. The van der Waals surface area contributed by atoms with Crippen LogP contribution in [0.3, 0.4) is 0 Å². The average molecular weight is 262 g/mol. The maximum absolute atomic E-state index is 11.0. The van der Waals surface area contributed by atoms with Crippen molar-refractivity contribution in [2.24, 2.45) is 5.92 Å². The number of hydrogen-bond acceptors (Lipinski definition) is 3. The molecule has 92 valence electrons. The van der Waals surface area contributed by atoms with E-state index >= 15 is 0 Å². The van der Waals surface area contributed by atoms with Crippen molar-refractivity contribution < 1.29 is 33.8 Å². The second-order valence-electron chi connectivity index (χ2n) is 3.29. The molecule has 0 amide bonds. The van der Waals surface area contributed by atoms with Crippen LogP contribution in [-0.2, 0) is 9.13 Å². The molecule has 0 aromatic carbocycles. The first-order valence-corrected chi connectivity index (χ1v) is 7.58. The average Bonchev–Trinajstić information content (AvgIpc) is 2.02. The lowest BCUT2D eigenvalue weighted by molar-refractivity contribution is 0.0743. The maximum Gasteiger partial charge on any atom is 0.369 e. The van der Waals surface area contributed by atoms with Gasteiger partial charge in [0.15, 0.2) is 0 Å². The molecule has 0 aliphatic rings. The van der Waals surface area contributed by atoms with Crippen LogP contribution in [-0.4, -0.2) is 29.8 Å². The first-order valence-electron chi connectivity index (χ1n) is 4.36. The van der Waals surface area contributed by atoms with Crippen molar-refractivity contribution in [3.05, 3.63) is 0 Å². The van der Waals surface area contributed by atoms with Gasteiger partial charge in [0, 0.05) is 5.92 Å². The molecule has 0 rings (SSSR count). The third-order valence-corrected chi connectivity index (χ3v) is 6.40. The highest BCUT2D eigenvalue weighted by Crippen LogP contribution is 2.71. The molecule has 0 aliphatic heterocycles. The van der Waals surface area contributed by atoms with Crippen LogP contribution in [0.4, 0.5) is 0 Å². The van der Waals surface area contributed by atoms with Gasteiger partial charge in [0.1, 0.15) is 0 Å². The molecule has 0 spiro atoms. The summed E-state index contributed by atoms with van der Waals surface area (Å²) in [6.07, 6.45) is 0.118. The Bertz CT molecular complexity index is 277. The minimum atomic E-state index is -5.31. The SMILES string of the molecule is CCC(CC)C(O)(P(=O)(O)O)P(=O)(O)O. The number of aliphatic hydroxyl groups is 1.